The van der Waals surface area contributed by atoms with Gasteiger partial charge < -0.3 is 20.3 Å². The van der Waals surface area contributed by atoms with Gasteiger partial charge in [0.25, 0.3) is 0 Å². The van der Waals surface area contributed by atoms with E-state index in [4.69, 9.17) is 4.74 Å². The summed E-state index contributed by atoms with van der Waals surface area (Å²) in [7, 11) is 0. The predicted molar refractivity (Wildman–Crippen MR) is 118 cm³/mol. The summed E-state index contributed by atoms with van der Waals surface area (Å²) in [4.78, 5) is 20.1. The van der Waals surface area contributed by atoms with E-state index in [1.54, 1.807) is 18.6 Å². The van der Waals surface area contributed by atoms with E-state index >= 15 is 0 Å². The lowest BCUT2D eigenvalue weighted by Gasteiger charge is -2.27. The highest BCUT2D eigenvalue weighted by Gasteiger charge is 2.12. The van der Waals surface area contributed by atoms with Gasteiger partial charge >= 0.3 is 0 Å². The third kappa shape index (κ3) is 4.13. The van der Waals surface area contributed by atoms with Crippen LogP contribution in [0.1, 0.15) is 0 Å². The van der Waals surface area contributed by atoms with Gasteiger partial charge in [0, 0.05) is 24.7 Å². The van der Waals surface area contributed by atoms with Gasteiger partial charge in [-0.1, -0.05) is 18.2 Å². The summed E-state index contributed by atoms with van der Waals surface area (Å²) in [6, 6.07) is 15.8. The van der Waals surface area contributed by atoms with Crippen molar-refractivity contribution in [3.63, 3.8) is 0 Å². The van der Waals surface area contributed by atoms with Crippen molar-refractivity contribution in [3.05, 3.63) is 67.1 Å². The summed E-state index contributed by atoms with van der Waals surface area (Å²) in [5, 5.41) is 7.56. The Hall–Kier alpha value is -3.78. The Morgan fingerprint density at radius 2 is 1.70 bits per heavy atom. The minimum atomic E-state index is 0.495. The van der Waals surface area contributed by atoms with Crippen LogP contribution in [0.25, 0.3) is 10.9 Å². The second-order valence-corrected chi connectivity index (χ2v) is 6.94. The molecule has 0 atom stereocenters. The van der Waals surface area contributed by atoms with Crippen molar-refractivity contribution in [2.75, 3.05) is 41.8 Å². The largest absolute Gasteiger partial charge is 0.378 e. The molecule has 0 bridgehead atoms. The standard InChI is InChI=1S/C22H21N7O/c1-2-4-19-16(3-1)13-18(15-24-19)26-20-7-8-23-22(28-20)27-17-5-6-21(25-14-17)29-9-11-30-12-10-29/h1-8,13-15H,9-12H2,(H2,23,26,27,28). The minimum absolute atomic E-state index is 0.495. The minimum Gasteiger partial charge on any atom is -0.378 e. The highest BCUT2D eigenvalue weighted by atomic mass is 16.5. The summed E-state index contributed by atoms with van der Waals surface area (Å²) in [5.41, 5.74) is 2.66. The second-order valence-electron chi connectivity index (χ2n) is 6.94. The average Bonchev–Trinajstić information content (AvgIpc) is 2.80. The lowest BCUT2D eigenvalue weighted by atomic mass is 10.2. The summed E-state index contributed by atoms with van der Waals surface area (Å²) in [6.07, 6.45) is 5.30. The molecule has 1 saturated heterocycles. The molecule has 0 spiro atoms. The molecular weight excluding hydrogens is 378 g/mol. The van der Waals surface area contributed by atoms with Crippen molar-refractivity contribution < 1.29 is 4.74 Å². The van der Waals surface area contributed by atoms with Crippen molar-refractivity contribution in [1.29, 1.82) is 0 Å². The van der Waals surface area contributed by atoms with Gasteiger partial charge in [-0.25, -0.2) is 9.97 Å². The average molecular weight is 399 g/mol. The Balaban J connectivity index is 1.28. The SMILES string of the molecule is c1ccc2ncc(Nc3ccnc(Nc4ccc(N5CCOCC5)nc4)n3)cc2c1. The molecule has 1 fully saturated rings. The summed E-state index contributed by atoms with van der Waals surface area (Å²) in [6.45, 7) is 3.20. The van der Waals surface area contributed by atoms with Crippen molar-refractivity contribution >= 4 is 39.9 Å². The molecule has 0 radical (unpaired) electrons. The third-order valence-corrected chi connectivity index (χ3v) is 4.86. The smallest absolute Gasteiger partial charge is 0.229 e. The lowest BCUT2D eigenvalue weighted by Crippen LogP contribution is -2.36. The molecule has 1 aliphatic heterocycles. The Morgan fingerprint density at radius 1 is 0.833 bits per heavy atom. The number of benzene rings is 1. The van der Waals surface area contributed by atoms with Crippen LogP contribution in [0.2, 0.25) is 0 Å². The number of ether oxygens (including phenoxy) is 1. The number of hydrogen-bond donors (Lipinski definition) is 2. The number of rotatable bonds is 5. The van der Waals surface area contributed by atoms with Gasteiger partial charge in [-0.2, -0.15) is 4.98 Å². The van der Waals surface area contributed by atoms with Crippen LogP contribution in [0.3, 0.4) is 0 Å². The summed E-state index contributed by atoms with van der Waals surface area (Å²) < 4.78 is 5.39. The molecule has 1 aliphatic rings. The Bertz CT molecular complexity index is 1140. The number of para-hydroxylation sites is 1. The van der Waals surface area contributed by atoms with Crippen LogP contribution in [-0.2, 0) is 4.74 Å². The van der Waals surface area contributed by atoms with Crippen LogP contribution in [0.15, 0.2) is 67.1 Å². The van der Waals surface area contributed by atoms with Crippen LogP contribution < -0.4 is 15.5 Å². The zero-order valence-electron chi connectivity index (χ0n) is 16.3. The number of morpholine rings is 1. The van der Waals surface area contributed by atoms with E-state index in [9.17, 15) is 0 Å². The summed E-state index contributed by atoms with van der Waals surface area (Å²) >= 11 is 0. The first-order valence-corrected chi connectivity index (χ1v) is 9.84. The molecule has 8 nitrogen and oxygen atoms in total. The van der Waals surface area contributed by atoms with Gasteiger partial charge in [0.15, 0.2) is 0 Å². The zero-order valence-corrected chi connectivity index (χ0v) is 16.3. The summed E-state index contributed by atoms with van der Waals surface area (Å²) in [5.74, 6) is 2.13. The molecule has 4 aromatic rings. The van der Waals surface area contributed by atoms with E-state index in [0.29, 0.717) is 11.8 Å². The van der Waals surface area contributed by atoms with Crippen LogP contribution >= 0.6 is 0 Å². The van der Waals surface area contributed by atoms with E-state index in [1.165, 1.54) is 0 Å². The number of anilines is 5. The van der Waals surface area contributed by atoms with E-state index in [-0.39, 0.29) is 0 Å². The van der Waals surface area contributed by atoms with Gasteiger partial charge in [0.05, 0.1) is 42.5 Å². The van der Waals surface area contributed by atoms with Crippen molar-refractivity contribution in [1.82, 2.24) is 19.9 Å². The van der Waals surface area contributed by atoms with Gasteiger partial charge in [0.1, 0.15) is 11.6 Å². The van der Waals surface area contributed by atoms with Crippen LogP contribution in [0, 0.1) is 0 Å². The first-order valence-electron chi connectivity index (χ1n) is 9.84. The van der Waals surface area contributed by atoms with Crippen LogP contribution in [-0.4, -0.2) is 46.2 Å². The van der Waals surface area contributed by atoms with Gasteiger partial charge in [-0.3, -0.25) is 4.98 Å². The van der Waals surface area contributed by atoms with E-state index < -0.39 is 0 Å². The van der Waals surface area contributed by atoms with E-state index in [2.05, 4.69) is 35.5 Å². The number of hydrogen-bond acceptors (Lipinski definition) is 8. The molecular formula is C22H21N7O. The molecule has 8 heteroatoms. The monoisotopic (exact) mass is 399 g/mol. The molecule has 30 heavy (non-hydrogen) atoms. The van der Waals surface area contributed by atoms with E-state index in [0.717, 1.165) is 54.4 Å². The maximum absolute atomic E-state index is 5.39. The number of pyridine rings is 2. The number of fused-ring (bicyclic) bond motifs is 1. The maximum Gasteiger partial charge on any atom is 0.229 e. The first kappa shape index (κ1) is 18.3. The number of aromatic nitrogens is 4. The third-order valence-electron chi connectivity index (χ3n) is 4.86. The zero-order chi connectivity index (χ0) is 20.2. The molecule has 0 amide bonds. The lowest BCUT2D eigenvalue weighted by molar-refractivity contribution is 0.122. The molecule has 150 valence electrons. The first-order chi connectivity index (χ1) is 14.8. The van der Waals surface area contributed by atoms with Gasteiger partial charge in [-0.15, -0.1) is 0 Å². The highest BCUT2D eigenvalue weighted by molar-refractivity contribution is 5.82. The second kappa shape index (κ2) is 8.30. The highest BCUT2D eigenvalue weighted by Crippen LogP contribution is 2.21. The van der Waals surface area contributed by atoms with E-state index in [1.807, 2.05) is 48.5 Å². The maximum atomic E-state index is 5.39. The molecule has 3 aromatic heterocycles. The van der Waals surface area contributed by atoms with Gasteiger partial charge in [0.2, 0.25) is 5.95 Å². The van der Waals surface area contributed by atoms with Crippen LogP contribution in [0.4, 0.5) is 29.0 Å². The molecule has 5 rings (SSSR count). The Labute approximate surface area is 174 Å². The topological polar surface area (TPSA) is 88.1 Å². The normalized spacial score (nSPS) is 13.9. The quantitative estimate of drug-likeness (QED) is 0.525. The number of nitrogens with one attached hydrogen (secondary N) is 2. The van der Waals surface area contributed by atoms with Crippen molar-refractivity contribution in [3.8, 4) is 0 Å². The molecule has 0 unspecified atom stereocenters. The molecule has 2 N–H and O–H groups in total. The molecule has 1 aromatic carbocycles. The van der Waals surface area contributed by atoms with Gasteiger partial charge in [-0.05, 0) is 30.3 Å². The van der Waals surface area contributed by atoms with Crippen molar-refractivity contribution in [2.24, 2.45) is 0 Å². The predicted octanol–water partition coefficient (Wildman–Crippen LogP) is 3.74. The fraction of sp³-hybridized carbons (Fsp3) is 0.182. The molecule has 4 heterocycles. The fourth-order valence-corrected chi connectivity index (χ4v) is 3.34. The Kier molecular flexibility index (Phi) is 5.05. The van der Waals surface area contributed by atoms with Crippen molar-refractivity contribution in [2.45, 2.75) is 0 Å². The van der Waals surface area contributed by atoms with Crippen LogP contribution in [0.5, 0.6) is 0 Å². The number of nitrogens with zero attached hydrogens (tertiary/aromatic N) is 5. The molecule has 0 saturated carbocycles. The fourth-order valence-electron chi connectivity index (χ4n) is 3.34. The Morgan fingerprint density at radius 3 is 2.57 bits per heavy atom. The molecule has 0 aliphatic carbocycles.